The Morgan fingerprint density at radius 3 is 2.59 bits per heavy atom. The molecule has 1 saturated carbocycles. The van der Waals surface area contributed by atoms with Crippen LogP contribution in [0.3, 0.4) is 0 Å². The number of hydrogen-bond donors (Lipinski definition) is 2. The van der Waals surface area contributed by atoms with Crippen LogP contribution in [-0.2, 0) is 0 Å². The van der Waals surface area contributed by atoms with Gasteiger partial charge in [-0.2, -0.15) is 13.8 Å². The van der Waals surface area contributed by atoms with E-state index in [2.05, 4.69) is 9.97 Å². The highest BCUT2D eigenvalue weighted by Gasteiger charge is 2.25. The molecule has 0 saturated heterocycles. The van der Waals surface area contributed by atoms with E-state index in [1.807, 2.05) is 4.57 Å². The lowest BCUT2D eigenvalue weighted by Crippen LogP contribution is -2.15. The molecule has 3 aromatic heterocycles. The molecule has 0 bridgehead atoms. The number of benzene rings is 1. The van der Waals surface area contributed by atoms with E-state index in [-0.39, 0.29) is 17.5 Å². The summed E-state index contributed by atoms with van der Waals surface area (Å²) in [5, 5.41) is 11.8. The van der Waals surface area contributed by atoms with Crippen LogP contribution < -0.4 is 5.73 Å². The second kappa shape index (κ2) is 5.64. The van der Waals surface area contributed by atoms with Crippen molar-refractivity contribution in [2.75, 3.05) is 5.73 Å². The van der Waals surface area contributed by atoms with E-state index in [1.54, 1.807) is 24.4 Å². The minimum atomic E-state index is -0.905. The number of nitrogens with zero attached hydrogens (tertiary/aromatic N) is 3. The van der Waals surface area contributed by atoms with Crippen molar-refractivity contribution in [3.05, 3.63) is 48.4 Å². The molecule has 0 aliphatic heterocycles. The number of fused-ring (bicyclic) bond motifs is 2. The predicted molar refractivity (Wildman–Crippen MR) is 99.4 cm³/mol. The van der Waals surface area contributed by atoms with E-state index in [9.17, 15) is 13.9 Å². The molecule has 0 unspecified atom stereocenters. The molecule has 0 radical (unpaired) electrons. The third kappa shape index (κ3) is 2.27. The zero-order chi connectivity index (χ0) is 18.7. The molecule has 1 aliphatic carbocycles. The molecule has 5 rings (SSSR count). The summed E-state index contributed by atoms with van der Waals surface area (Å²) >= 11 is 0. The summed E-state index contributed by atoms with van der Waals surface area (Å²) in [5.74, 6) is -1.67. The van der Waals surface area contributed by atoms with Crippen molar-refractivity contribution in [2.24, 2.45) is 0 Å². The maximum Gasteiger partial charge on any atom is 0.223 e. The summed E-state index contributed by atoms with van der Waals surface area (Å²) in [6.45, 7) is 0. The number of hydrogen-bond acceptors (Lipinski definition) is 4. The zero-order valence-electron chi connectivity index (χ0n) is 14.3. The maximum absolute atomic E-state index is 14.3. The normalized spacial score (nSPS) is 14.7. The summed E-state index contributed by atoms with van der Waals surface area (Å²) in [6, 6.07) is 7.89. The molecule has 4 aromatic rings. The molecule has 1 aromatic carbocycles. The molecule has 0 spiro atoms. The van der Waals surface area contributed by atoms with Crippen LogP contribution in [0.4, 0.5) is 14.5 Å². The molecule has 0 atom stereocenters. The zero-order valence-corrected chi connectivity index (χ0v) is 14.3. The van der Waals surface area contributed by atoms with Gasteiger partial charge in [-0.3, -0.25) is 0 Å². The Morgan fingerprint density at radius 1 is 1.07 bits per heavy atom. The number of rotatable bonds is 2. The molecule has 0 amide bonds. The maximum atomic E-state index is 14.3. The molecule has 3 heterocycles. The van der Waals surface area contributed by atoms with E-state index in [4.69, 9.17) is 5.73 Å². The SMILES string of the molecule is Nc1c2cccc(-c3ccc(F)nc3F)c2nc2cn(C3CCC3)c(O)c12. The quantitative estimate of drug-likeness (QED) is 0.511. The van der Waals surface area contributed by atoms with Gasteiger partial charge in [0.25, 0.3) is 0 Å². The van der Waals surface area contributed by atoms with Gasteiger partial charge in [-0.15, -0.1) is 0 Å². The fourth-order valence-corrected chi connectivity index (χ4v) is 3.75. The average Bonchev–Trinajstić information content (AvgIpc) is 2.90. The standard InChI is InChI=1S/C20H16F2N4O/c21-15-8-7-12(19(22)25-15)11-5-2-6-13-17(23)16-14(24-18(11)13)9-26(20(16)27)10-3-1-4-10/h2,5-10,27H,1,3-4,23H2. The number of para-hydroxylation sites is 1. The first-order valence-electron chi connectivity index (χ1n) is 8.78. The minimum Gasteiger partial charge on any atom is -0.494 e. The summed E-state index contributed by atoms with van der Waals surface area (Å²) in [7, 11) is 0. The Kier molecular flexibility index (Phi) is 3.34. The van der Waals surface area contributed by atoms with Crippen LogP contribution in [0.15, 0.2) is 36.5 Å². The molecular formula is C20H16F2N4O. The molecule has 27 heavy (non-hydrogen) atoms. The third-order valence-electron chi connectivity index (χ3n) is 5.39. The molecule has 1 aliphatic rings. The topological polar surface area (TPSA) is 77.0 Å². The Balaban J connectivity index is 1.81. The van der Waals surface area contributed by atoms with Gasteiger partial charge in [0.2, 0.25) is 17.8 Å². The van der Waals surface area contributed by atoms with Crippen LogP contribution >= 0.6 is 0 Å². The molecule has 1 fully saturated rings. The van der Waals surface area contributed by atoms with E-state index in [1.165, 1.54) is 6.07 Å². The number of nitrogens with two attached hydrogens (primary N) is 1. The summed E-state index contributed by atoms with van der Waals surface area (Å²) in [4.78, 5) is 7.92. The molecule has 7 heteroatoms. The second-order valence-corrected chi connectivity index (χ2v) is 6.90. The number of anilines is 1. The van der Waals surface area contributed by atoms with Crippen LogP contribution in [0.25, 0.3) is 32.9 Å². The lowest BCUT2D eigenvalue weighted by molar-refractivity contribution is 0.283. The van der Waals surface area contributed by atoms with Crippen LogP contribution in [0.1, 0.15) is 25.3 Å². The van der Waals surface area contributed by atoms with Crippen LogP contribution in [0.5, 0.6) is 5.88 Å². The summed E-state index contributed by atoms with van der Waals surface area (Å²) in [6.07, 6.45) is 4.93. The van der Waals surface area contributed by atoms with E-state index >= 15 is 0 Å². The first-order valence-corrected chi connectivity index (χ1v) is 8.78. The minimum absolute atomic E-state index is 0.113. The molecule has 136 valence electrons. The predicted octanol–water partition coefficient (Wildman–Crippen LogP) is 4.54. The number of aromatic hydroxyl groups is 1. The number of aromatic nitrogens is 3. The highest BCUT2D eigenvalue weighted by molar-refractivity contribution is 6.12. The van der Waals surface area contributed by atoms with Gasteiger partial charge in [0.1, 0.15) is 0 Å². The van der Waals surface area contributed by atoms with Gasteiger partial charge in [0.15, 0.2) is 0 Å². The van der Waals surface area contributed by atoms with Gasteiger partial charge in [-0.1, -0.05) is 18.2 Å². The molecular weight excluding hydrogens is 350 g/mol. The average molecular weight is 366 g/mol. The van der Waals surface area contributed by atoms with Crippen LogP contribution in [0, 0.1) is 11.9 Å². The van der Waals surface area contributed by atoms with Crippen LogP contribution in [-0.4, -0.2) is 19.6 Å². The molecule has 5 nitrogen and oxygen atoms in total. The lowest BCUT2D eigenvalue weighted by Gasteiger charge is -2.27. The first-order chi connectivity index (χ1) is 13.0. The van der Waals surface area contributed by atoms with Crippen molar-refractivity contribution in [3.8, 4) is 17.0 Å². The van der Waals surface area contributed by atoms with Gasteiger partial charge >= 0.3 is 0 Å². The highest BCUT2D eigenvalue weighted by atomic mass is 19.1. The van der Waals surface area contributed by atoms with Gasteiger partial charge in [-0.05, 0) is 31.4 Å². The van der Waals surface area contributed by atoms with Gasteiger partial charge in [-0.25, -0.2) is 4.98 Å². The largest absolute Gasteiger partial charge is 0.494 e. The lowest BCUT2D eigenvalue weighted by atomic mass is 9.93. The van der Waals surface area contributed by atoms with Crippen molar-refractivity contribution in [3.63, 3.8) is 0 Å². The Hall–Kier alpha value is -3.22. The van der Waals surface area contributed by atoms with Gasteiger partial charge in [0, 0.05) is 28.8 Å². The van der Waals surface area contributed by atoms with Crippen molar-refractivity contribution in [1.82, 2.24) is 14.5 Å². The summed E-state index contributed by atoms with van der Waals surface area (Å²) < 4.78 is 29.3. The number of halogens is 2. The van der Waals surface area contributed by atoms with E-state index < -0.39 is 11.9 Å². The van der Waals surface area contributed by atoms with Crippen molar-refractivity contribution < 1.29 is 13.9 Å². The van der Waals surface area contributed by atoms with Crippen molar-refractivity contribution in [2.45, 2.75) is 25.3 Å². The number of nitrogen functional groups attached to an aromatic ring is 1. The van der Waals surface area contributed by atoms with Crippen molar-refractivity contribution >= 4 is 27.5 Å². The Morgan fingerprint density at radius 2 is 1.89 bits per heavy atom. The Labute approximate surface area is 153 Å². The van der Waals surface area contributed by atoms with E-state index in [0.717, 1.165) is 25.3 Å². The van der Waals surface area contributed by atoms with Crippen LogP contribution in [0.2, 0.25) is 0 Å². The van der Waals surface area contributed by atoms with Crippen molar-refractivity contribution in [1.29, 1.82) is 0 Å². The molecule has 3 N–H and O–H groups in total. The van der Waals surface area contributed by atoms with Gasteiger partial charge < -0.3 is 15.4 Å². The Bertz CT molecular complexity index is 1210. The third-order valence-corrected chi connectivity index (χ3v) is 5.39. The second-order valence-electron chi connectivity index (χ2n) is 6.90. The van der Waals surface area contributed by atoms with E-state index in [0.29, 0.717) is 33.1 Å². The fourth-order valence-electron chi connectivity index (χ4n) is 3.75. The van der Waals surface area contributed by atoms with Gasteiger partial charge in [0.05, 0.1) is 22.1 Å². The summed E-state index contributed by atoms with van der Waals surface area (Å²) in [5.41, 5.74) is 8.40. The highest BCUT2D eigenvalue weighted by Crippen LogP contribution is 2.43. The smallest absolute Gasteiger partial charge is 0.223 e. The first kappa shape index (κ1) is 16.0. The number of pyridine rings is 2. The monoisotopic (exact) mass is 366 g/mol. The fraction of sp³-hybridized carbons (Fsp3) is 0.200.